The summed E-state index contributed by atoms with van der Waals surface area (Å²) < 4.78 is 3.40. The first kappa shape index (κ1) is 11.4. The molecule has 0 saturated carbocycles. The van der Waals surface area contributed by atoms with Crippen LogP contribution in [-0.4, -0.2) is 29.8 Å². The Morgan fingerprint density at radius 3 is 2.95 bits per heavy atom. The first-order chi connectivity index (χ1) is 9.33. The Morgan fingerprint density at radius 1 is 1.26 bits per heavy atom. The summed E-state index contributed by atoms with van der Waals surface area (Å²) in [6.07, 6.45) is 7.19. The second-order valence-electron chi connectivity index (χ2n) is 4.06. The van der Waals surface area contributed by atoms with Crippen LogP contribution in [0.5, 0.6) is 0 Å². The quantitative estimate of drug-likeness (QED) is 0.753. The van der Waals surface area contributed by atoms with Crippen molar-refractivity contribution in [1.82, 2.24) is 29.8 Å². The molecule has 0 unspecified atom stereocenters. The van der Waals surface area contributed by atoms with Crippen molar-refractivity contribution >= 4 is 5.69 Å². The summed E-state index contributed by atoms with van der Waals surface area (Å²) in [5, 5.41) is 15.4. The van der Waals surface area contributed by atoms with Crippen LogP contribution >= 0.6 is 0 Å². The molecule has 3 aromatic heterocycles. The lowest BCUT2D eigenvalue weighted by Gasteiger charge is -2.09. The van der Waals surface area contributed by atoms with Gasteiger partial charge in [-0.3, -0.25) is 4.68 Å². The van der Waals surface area contributed by atoms with Gasteiger partial charge in [-0.05, 0) is 18.2 Å². The van der Waals surface area contributed by atoms with Crippen LogP contribution in [0.1, 0.15) is 5.69 Å². The largest absolute Gasteiger partial charge is 0.376 e. The van der Waals surface area contributed by atoms with Gasteiger partial charge in [0, 0.05) is 31.8 Å². The van der Waals surface area contributed by atoms with Gasteiger partial charge < -0.3 is 5.32 Å². The van der Waals surface area contributed by atoms with Crippen molar-refractivity contribution < 1.29 is 0 Å². The highest BCUT2D eigenvalue weighted by molar-refractivity contribution is 5.56. The zero-order valence-electron chi connectivity index (χ0n) is 10.4. The van der Waals surface area contributed by atoms with Crippen molar-refractivity contribution in [1.29, 1.82) is 0 Å². The molecular formula is C12H13N7. The smallest absolute Gasteiger partial charge is 0.176 e. The second-order valence-corrected chi connectivity index (χ2v) is 4.06. The van der Waals surface area contributed by atoms with E-state index < -0.39 is 0 Å². The van der Waals surface area contributed by atoms with Gasteiger partial charge in [0.05, 0.1) is 12.2 Å². The van der Waals surface area contributed by atoms with E-state index in [0.29, 0.717) is 6.54 Å². The molecule has 19 heavy (non-hydrogen) atoms. The molecule has 0 bridgehead atoms. The molecule has 1 N–H and O–H groups in total. The number of pyridine rings is 1. The highest BCUT2D eigenvalue weighted by atomic mass is 15.4. The standard InChI is InChI=1S/C12H13N7/c1-18-9-10(16-17-18)8-14-11-4-2-5-13-12(11)19-7-3-6-15-19/h2-7,9,14H,8H2,1H3. The fourth-order valence-electron chi connectivity index (χ4n) is 1.77. The van der Waals surface area contributed by atoms with Crippen molar-refractivity contribution in [2.75, 3.05) is 5.32 Å². The zero-order valence-corrected chi connectivity index (χ0v) is 10.4. The number of hydrogen-bond acceptors (Lipinski definition) is 5. The van der Waals surface area contributed by atoms with Crippen molar-refractivity contribution in [2.24, 2.45) is 7.05 Å². The lowest BCUT2D eigenvalue weighted by atomic mass is 10.3. The maximum atomic E-state index is 4.34. The van der Waals surface area contributed by atoms with E-state index in [1.54, 1.807) is 21.8 Å². The average Bonchev–Trinajstić information content (AvgIpc) is 3.08. The highest BCUT2D eigenvalue weighted by Gasteiger charge is 2.06. The second kappa shape index (κ2) is 4.89. The molecule has 0 aliphatic carbocycles. The molecule has 7 nitrogen and oxygen atoms in total. The summed E-state index contributed by atoms with van der Waals surface area (Å²) in [6, 6.07) is 5.70. The molecule has 0 aliphatic rings. The van der Waals surface area contributed by atoms with Gasteiger partial charge in [0.1, 0.15) is 5.69 Å². The van der Waals surface area contributed by atoms with E-state index in [4.69, 9.17) is 0 Å². The zero-order chi connectivity index (χ0) is 13.1. The first-order valence-electron chi connectivity index (χ1n) is 5.87. The molecule has 0 fully saturated rings. The molecule has 0 saturated heterocycles. The minimum absolute atomic E-state index is 0.591. The third-order valence-corrected chi connectivity index (χ3v) is 2.62. The fraction of sp³-hybridized carbons (Fsp3) is 0.167. The number of nitrogens with zero attached hydrogens (tertiary/aromatic N) is 6. The molecule has 0 radical (unpaired) electrons. The van der Waals surface area contributed by atoms with Crippen LogP contribution in [0.3, 0.4) is 0 Å². The molecule has 0 aliphatic heterocycles. The summed E-state index contributed by atoms with van der Waals surface area (Å²) in [5.74, 6) is 0.761. The number of hydrogen-bond donors (Lipinski definition) is 1. The Balaban J connectivity index is 1.81. The van der Waals surface area contributed by atoms with Crippen LogP contribution in [0, 0.1) is 0 Å². The van der Waals surface area contributed by atoms with Crippen LogP contribution < -0.4 is 5.32 Å². The number of aromatic nitrogens is 6. The van der Waals surface area contributed by atoms with Crippen molar-refractivity contribution in [3.8, 4) is 5.82 Å². The van der Waals surface area contributed by atoms with Gasteiger partial charge in [-0.25, -0.2) is 9.67 Å². The third kappa shape index (κ3) is 2.44. The first-order valence-corrected chi connectivity index (χ1v) is 5.87. The SMILES string of the molecule is Cn1cc(CNc2cccnc2-n2cccn2)nn1. The van der Waals surface area contributed by atoms with Crippen molar-refractivity contribution in [3.05, 3.63) is 48.7 Å². The molecule has 3 rings (SSSR count). The van der Waals surface area contributed by atoms with Crippen LogP contribution in [-0.2, 0) is 13.6 Å². The Kier molecular flexibility index (Phi) is 2.93. The third-order valence-electron chi connectivity index (χ3n) is 2.62. The molecule has 0 aromatic carbocycles. The lowest BCUT2D eigenvalue weighted by Crippen LogP contribution is -2.06. The summed E-state index contributed by atoms with van der Waals surface area (Å²) in [5.41, 5.74) is 1.77. The van der Waals surface area contributed by atoms with Crippen LogP contribution in [0.25, 0.3) is 5.82 Å². The molecule has 3 heterocycles. The van der Waals surface area contributed by atoms with Gasteiger partial charge in [-0.1, -0.05) is 5.21 Å². The van der Waals surface area contributed by atoms with E-state index in [-0.39, 0.29) is 0 Å². The molecular weight excluding hydrogens is 242 g/mol. The Bertz CT molecular complexity index is 656. The minimum Gasteiger partial charge on any atom is -0.376 e. The van der Waals surface area contributed by atoms with E-state index >= 15 is 0 Å². The predicted octanol–water partition coefficient (Wildman–Crippen LogP) is 1.01. The monoisotopic (exact) mass is 255 g/mol. The highest BCUT2D eigenvalue weighted by Crippen LogP contribution is 2.16. The number of aryl methyl sites for hydroxylation is 1. The predicted molar refractivity (Wildman–Crippen MR) is 69.7 cm³/mol. The van der Waals surface area contributed by atoms with E-state index in [1.165, 1.54) is 0 Å². The van der Waals surface area contributed by atoms with Crippen LogP contribution in [0.15, 0.2) is 43.0 Å². The molecule has 0 atom stereocenters. The Hall–Kier alpha value is -2.70. The van der Waals surface area contributed by atoms with E-state index in [2.05, 4.69) is 25.7 Å². The molecule has 0 amide bonds. The van der Waals surface area contributed by atoms with Crippen molar-refractivity contribution in [3.63, 3.8) is 0 Å². The average molecular weight is 255 g/mol. The van der Waals surface area contributed by atoms with Gasteiger partial charge >= 0.3 is 0 Å². The number of nitrogens with one attached hydrogen (secondary N) is 1. The summed E-state index contributed by atoms with van der Waals surface area (Å²) >= 11 is 0. The molecule has 7 heteroatoms. The molecule has 96 valence electrons. The summed E-state index contributed by atoms with van der Waals surface area (Å²) in [7, 11) is 1.84. The van der Waals surface area contributed by atoms with Crippen molar-refractivity contribution in [2.45, 2.75) is 6.54 Å². The Morgan fingerprint density at radius 2 is 2.21 bits per heavy atom. The minimum atomic E-state index is 0.591. The molecule has 0 spiro atoms. The number of anilines is 1. The number of rotatable bonds is 4. The fourth-order valence-corrected chi connectivity index (χ4v) is 1.77. The lowest BCUT2D eigenvalue weighted by molar-refractivity contribution is 0.713. The van der Waals surface area contributed by atoms with Gasteiger partial charge in [0.15, 0.2) is 5.82 Å². The van der Waals surface area contributed by atoms with E-state index in [0.717, 1.165) is 17.2 Å². The van der Waals surface area contributed by atoms with Crippen LogP contribution in [0.4, 0.5) is 5.69 Å². The maximum Gasteiger partial charge on any atom is 0.176 e. The van der Waals surface area contributed by atoms with Crippen LogP contribution in [0.2, 0.25) is 0 Å². The van der Waals surface area contributed by atoms with E-state index in [9.17, 15) is 0 Å². The maximum absolute atomic E-state index is 4.34. The van der Waals surface area contributed by atoms with Gasteiger partial charge in [0.2, 0.25) is 0 Å². The van der Waals surface area contributed by atoms with E-state index in [1.807, 2.05) is 37.6 Å². The molecule has 3 aromatic rings. The topological polar surface area (TPSA) is 73.5 Å². The summed E-state index contributed by atoms with van der Waals surface area (Å²) in [4.78, 5) is 4.34. The van der Waals surface area contributed by atoms with Gasteiger partial charge in [0.25, 0.3) is 0 Å². The van der Waals surface area contributed by atoms with Gasteiger partial charge in [-0.2, -0.15) is 5.10 Å². The summed E-state index contributed by atoms with van der Waals surface area (Å²) in [6.45, 7) is 0.591. The normalized spacial score (nSPS) is 10.6. The van der Waals surface area contributed by atoms with Gasteiger partial charge in [-0.15, -0.1) is 5.10 Å². The Labute approximate surface area is 109 Å².